The van der Waals surface area contributed by atoms with E-state index in [-0.39, 0.29) is 5.91 Å². The predicted octanol–water partition coefficient (Wildman–Crippen LogP) is 0.653. The summed E-state index contributed by atoms with van der Waals surface area (Å²) in [5, 5.41) is 9.16. The number of nitrogens with one attached hydrogen (secondary N) is 2. The van der Waals surface area contributed by atoms with Crippen LogP contribution in [0.1, 0.15) is 21.9 Å². The summed E-state index contributed by atoms with van der Waals surface area (Å²) >= 11 is 0. The van der Waals surface area contributed by atoms with Gasteiger partial charge in [0, 0.05) is 25.0 Å². The van der Waals surface area contributed by atoms with Crippen molar-refractivity contribution in [2.24, 2.45) is 0 Å². The summed E-state index contributed by atoms with van der Waals surface area (Å²) in [4.78, 5) is 15.8. The molecule has 2 aromatic heterocycles. The highest BCUT2D eigenvalue weighted by Gasteiger charge is 2.06. The van der Waals surface area contributed by atoms with Crippen molar-refractivity contribution in [3.05, 3.63) is 35.7 Å². The molecule has 0 aliphatic heterocycles. The zero-order valence-corrected chi connectivity index (χ0v) is 9.90. The predicted molar refractivity (Wildman–Crippen MR) is 62.6 cm³/mol. The van der Waals surface area contributed by atoms with Crippen LogP contribution >= 0.6 is 0 Å². The smallest absolute Gasteiger partial charge is 0.269 e. The molecule has 6 nitrogen and oxygen atoms in total. The van der Waals surface area contributed by atoms with Crippen LogP contribution in [0.5, 0.6) is 0 Å². The number of rotatable bonds is 4. The van der Waals surface area contributed by atoms with Gasteiger partial charge in [-0.1, -0.05) is 0 Å². The molecule has 0 spiro atoms. The Hall–Kier alpha value is -2.11. The highest BCUT2D eigenvalue weighted by molar-refractivity contribution is 5.91. The van der Waals surface area contributed by atoms with Crippen LogP contribution in [0.15, 0.2) is 18.6 Å². The van der Waals surface area contributed by atoms with E-state index < -0.39 is 0 Å². The van der Waals surface area contributed by atoms with Crippen LogP contribution in [-0.4, -0.2) is 32.2 Å². The van der Waals surface area contributed by atoms with Crippen LogP contribution in [-0.2, 0) is 6.54 Å². The van der Waals surface area contributed by atoms with Crippen LogP contribution in [0.2, 0.25) is 0 Å². The van der Waals surface area contributed by atoms with E-state index >= 15 is 0 Å². The maximum atomic E-state index is 11.6. The van der Waals surface area contributed by atoms with Crippen LogP contribution in [0.3, 0.4) is 0 Å². The lowest BCUT2D eigenvalue weighted by Gasteiger charge is -2.06. The second-order valence-electron chi connectivity index (χ2n) is 3.84. The fraction of sp³-hybridized carbons (Fsp3) is 0.364. The van der Waals surface area contributed by atoms with Crippen LogP contribution < -0.4 is 5.32 Å². The zero-order chi connectivity index (χ0) is 12.3. The van der Waals surface area contributed by atoms with E-state index in [9.17, 15) is 4.79 Å². The average molecular weight is 233 g/mol. The second kappa shape index (κ2) is 4.82. The van der Waals surface area contributed by atoms with Gasteiger partial charge in [-0.25, -0.2) is 4.98 Å². The number of hydrogen-bond acceptors (Lipinski definition) is 3. The molecule has 0 saturated carbocycles. The van der Waals surface area contributed by atoms with E-state index in [2.05, 4.69) is 20.5 Å². The molecule has 0 radical (unpaired) electrons. The zero-order valence-electron chi connectivity index (χ0n) is 9.90. The molecule has 17 heavy (non-hydrogen) atoms. The molecule has 90 valence electrons. The molecule has 0 aliphatic carbocycles. The minimum Gasteiger partial charge on any atom is -0.349 e. The Morgan fingerprint density at radius 1 is 1.53 bits per heavy atom. The molecule has 2 aromatic rings. The number of imidazole rings is 1. The van der Waals surface area contributed by atoms with Crippen molar-refractivity contribution in [2.75, 3.05) is 6.54 Å². The Balaban J connectivity index is 1.84. The molecule has 0 saturated heterocycles. The van der Waals surface area contributed by atoms with Crippen molar-refractivity contribution in [1.29, 1.82) is 0 Å². The van der Waals surface area contributed by atoms with Gasteiger partial charge in [0.05, 0.1) is 12.0 Å². The van der Waals surface area contributed by atoms with Crippen LogP contribution in [0, 0.1) is 13.8 Å². The van der Waals surface area contributed by atoms with Gasteiger partial charge in [0.25, 0.3) is 5.91 Å². The molecule has 1 amide bonds. The molecule has 0 aromatic carbocycles. The average Bonchev–Trinajstić information content (AvgIpc) is 2.93. The third kappa shape index (κ3) is 2.52. The first-order valence-corrected chi connectivity index (χ1v) is 5.44. The number of carbonyl (C=O) groups is 1. The van der Waals surface area contributed by atoms with Crippen molar-refractivity contribution in [2.45, 2.75) is 20.4 Å². The molecule has 0 bridgehead atoms. The summed E-state index contributed by atoms with van der Waals surface area (Å²) in [7, 11) is 0. The number of aromatic nitrogens is 4. The van der Waals surface area contributed by atoms with E-state index in [1.807, 2.05) is 18.4 Å². The monoisotopic (exact) mass is 233 g/mol. The fourth-order valence-corrected chi connectivity index (χ4v) is 1.54. The summed E-state index contributed by atoms with van der Waals surface area (Å²) in [6.07, 6.45) is 3.34. The molecule has 0 fully saturated rings. The van der Waals surface area contributed by atoms with Crippen LogP contribution in [0.4, 0.5) is 0 Å². The number of aromatic amines is 1. The van der Waals surface area contributed by atoms with E-state index in [0.717, 1.165) is 11.4 Å². The Kier molecular flexibility index (Phi) is 3.22. The van der Waals surface area contributed by atoms with Crippen molar-refractivity contribution < 1.29 is 4.79 Å². The van der Waals surface area contributed by atoms with Gasteiger partial charge in [-0.2, -0.15) is 5.10 Å². The Labute approximate surface area is 99.1 Å². The van der Waals surface area contributed by atoms with Crippen molar-refractivity contribution >= 4 is 5.91 Å². The number of nitrogens with zero attached hydrogens (tertiary/aromatic N) is 3. The lowest BCUT2D eigenvalue weighted by molar-refractivity contribution is 0.0947. The Morgan fingerprint density at radius 2 is 2.35 bits per heavy atom. The number of carbonyl (C=O) groups excluding carboxylic acids is 1. The van der Waals surface area contributed by atoms with E-state index in [1.165, 1.54) is 0 Å². The maximum absolute atomic E-state index is 11.6. The first-order chi connectivity index (χ1) is 8.18. The quantitative estimate of drug-likeness (QED) is 0.814. The Bertz CT molecular complexity index is 500. The summed E-state index contributed by atoms with van der Waals surface area (Å²) in [6.45, 7) is 5.26. The summed E-state index contributed by atoms with van der Waals surface area (Å²) < 4.78 is 2.02. The molecule has 0 unspecified atom stereocenters. The summed E-state index contributed by atoms with van der Waals surface area (Å²) in [5.41, 5.74) is 2.62. The molecule has 2 rings (SSSR count). The standard InChI is InChI=1S/C11H15N5O/c1-8-9(2)16(7-13-8)6-5-12-11(17)10-3-4-14-15-10/h3-4,7H,5-6H2,1-2H3,(H,12,17)(H,14,15). The molecule has 0 aliphatic rings. The third-order valence-electron chi connectivity index (χ3n) is 2.73. The minimum atomic E-state index is -0.142. The second-order valence-corrected chi connectivity index (χ2v) is 3.84. The number of aryl methyl sites for hydroxylation is 1. The van der Waals surface area contributed by atoms with Crippen molar-refractivity contribution in [3.63, 3.8) is 0 Å². The first kappa shape index (κ1) is 11.4. The van der Waals surface area contributed by atoms with Crippen molar-refractivity contribution in [1.82, 2.24) is 25.1 Å². The highest BCUT2D eigenvalue weighted by atomic mass is 16.1. The van der Waals surface area contributed by atoms with Gasteiger partial charge < -0.3 is 9.88 Å². The fourth-order valence-electron chi connectivity index (χ4n) is 1.54. The lowest BCUT2D eigenvalue weighted by atomic mass is 10.3. The number of hydrogen-bond donors (Lipinski definition) is 2. The third-order valence-corrected chi connectivity index (χ3v) is 2.73. The largest absolute Gasteiger partial charge is 0.349 e. The lowest BCUT2D eigenvalue weighted by Crippen LogP contribution is -2.27. The van der Waals surface area contributed by atoms with Gasteiger partial charge in [0.1, 0.15) is 5.69 Å². The topological polar surface area (TPSA) is 75.6 Å². The van der Waals surface area contributed by atoms with Crippen LogP contribution in [0.25, 0.3) is 0 Å². The minimum absolute atomic E-state index is 0.142. The van der Waals surface area contributed by atoms with Gasteiger partial charge in [0.2, 0.25) is 0 Å². The molecule has 2 N–H and O–H groups in total. The number of H-pyrrole nitrogens is 1. The van der Waals surface area contributed by atoms with E-state index in [1.54, 1.807) is 18.6 Å². The van der Waals surface area contributed by atoms with Gasteiger partial charge in [0.15, 0.2) is 0 Å². The molecule has 0 atom stereocenters. The Morgan fingerprint density at radius 3 is 2.94 bits per heavy atom. The normalized spacial score (nSPS) is 10.5. The summed E-state index contributed by atoms with van der Waals surface area (Å²) in [5.74, 6) is -0.142. The summed E-state index contributed by atoms with van der Waals surface area (Å²) in [6, 6.07) is 1.64. The van der Waals surface area contributed by atoms with E-state index in [0.29, 0.717) is 18.8 Å². The SMILES string of the molecule is Cc1ncn(CCNC(=O)c2ccn[nH]2)c1C. The molecular formula is C11H15N5O. The highest BCUT2D eigenvalue weighted by Crippen LogP contribution is 2.03. The number of amides is 1. The first-order valence-electron chi connectivity index (χ1n) is 5.44. The van der Waals surface area contributed by atoms with Crippen molar-refractivity contribution in [3.8, 4) is 0 Å². The van der Waals surface area contributed by atoms with E-state index in [4.69, 9.17) is 0 Å². The van der Waals surface area contributed by atoms with Gasteiger partial charge in [-0.3, -0.25) is 9.89 Å². The molecule has 2 heterocycles. The molecular weight excluding hydrogens is 218 g/mol. The maximum Gasteiger partial charge on any atom is 0.269 e. The van der Waals surface area contributed by atoms with Gasteiger partial charge >= 0.3 is 0 Å². The molecule has 6 heteroatoms. The van der Waals surface area contributed by atoms with Gasteiger partial charge in [-0.05, 0) is 19.9 Å². The van der Waals surface area contributed by atoms with Gasteiger partial charge in [-0.15, -0.1) is 0 Å².